The molecule has 1 amide bonds. The van der Waals surface area contributed by atoms with Crippen LogP contribution in [0.15, 0.2) is 18.3 Å². The molecule has 0 saturated carbocycles. The number of nitrogens with zero attached hydrogens (tertiary/aromatic N) is 1. The van der Waals surface area contributed by atoms with Gasteiger partial charge in [0.2, 0.25) is 5.91 Å². The molecule has 0 spiro atoms. The molecule has 0 aliphatic carbocycles. The molecule has 1 fully saturated rings. The van der Waals surface area contributed by atoms with Crippen molar-refractivity contribution in [3.8, 4) is 0 Å². The van der Waals surface area contributed by atoms with Crippen LogP contribution in [0, 0.1) is 5.92 Å². The number of carbonyl (C=O) groups excluding carboxylic acids is 1. The van der Waals surface area contributed by atoms with E-state index in [9.17, 15) is 4.79 Å². The first-order valence-electron chi connectivity index (χ1n) is 5.84. The lowest BCUT2D eigenvalue weighted by molar-refractivity contribution is -0.120. The minimum Gasteiger partial charge on any atom is -0.348 e. The van der Waals surface area contributed by atoms with E-state index in [0.717, 1.165) is 25.2 Å². The molecule has 2 heterocycles. The summed E-state index contributed by atoms with van der Waals surface area (Å²) in [5.41, 5.74) is 0. The number of likely N-dealkylation sites (N-methyl/N-ethyl adjacent to an activating group) is 1. The summed E-state index contributed by atoms with van der Waals surface area (Å²) in [4.78, 5) is 17.2. The SMILES string of the molecule is CNC1CCC(C)CN(c2ccc[nH]2)C1=O. The lowest BCUT2D eigenvalue weighted by Gasteiger charge is -2.23. The maximum Gasteiger partial charge on any atom is 0.245 e. The highest BCUT2D eigenvalue weighted by Crippen LogP contribution is 2.21. The van der Waals surface area contributed by atoms with E-state index in [-0.39, 0.29) is 11.9 Å². The standard InChI is InChI=1S/C12H19N3O/c1-9-5-6-10(13-2)12(16)15(8-9)11-4-3-7-14-11/h3-4,7,9-10,13-14H,5-6,8H2,1-2H3. The zero-order valence-electron chi connectivity index (χ0n) is 9.86. The van der Waals surface area contributed by atoms with Crippen LogP contribution in [0.5, 0.6) is 0 Å². The van der Waals surface area contributed by atoms with Crippen LogP contribution in [0.2, 0.25) is 0 Å². The zero-order chi connectivity index (χ0) is 11.5. The van der Waals surface area contributed by atoms with Gasteiger partial charge in [-0.05, 0) is 37.9 Å². The lowest BCUT2D eigenvalue weighted by Crippen LogP contribution is -2.44. The van der Waals surface area contributed by atoms with Gasteiger partial charge in [0.1, 0.15) is 5.82 Å². The quantitative estimate of drug-likeness (QED) is 0.792. The predicted molar refractivity (Wildman–Crippen MR) is 64.4 cm³/mol. The molecule has 4 nitrogen and oxygen atoms in total. The molecule has 16 heavy (non-hydrogen) atoms. The van der Waals surface area contributed by atoms with Gasteiger partial charge in [-0.25, -0.2) is 0 Å². The summed E-state index contributed by atoms with van der Waals surface area (Å²) in [6.45, 7) is 3.00. The van der Waals surface area contributed by atoms with Crippen molar-refractivity contribution in [2.45, 2.75) is 25.8 Å². The van der Waals surface area contributed by atoms with Crippen molar-refractivity contribution in [2.75, 3.05) is 18.5 Å². The Morgan fingerprint density at radius 1 is 1.50 bits per heavy atom. The molecule has 0 radical (unpaired) electrons. The van der Waals surface area contributed by atoms with Crippen LogP contribution < -0.4 is 10.2 Å². The molecule has 1 aliphatic heterocycles. The van der Waals surface area contributed by atoms with Gasteiger partial charge in [-0.2, -0.15) is 0 Å². The summed E-state index contributed by atoms with van der Waals surface area (Å²) >= 11 is 0. The van der Waals surface area contributed by atoms with Gasteiger partial charge < -0.3 is 10.3 Å². The van der Waals surface area contributed by atoms with Gasteiger partial charge in [0.15, 0.2) is 0 Å². The summed E-state index contributed by atoms with van der Waals surface area (Å²) in [7, 11) is 1.85. The summed E-state index contributed by atoms with van der Waals surface area (Å²) < 4.78 is 0. The molecule has 0 bridgehead atoms. The number of aromatic amines is 1. The minimum atomic E-state index is -0.0479. The third-order valence-corrected chi connectivity index (χ3v) is 3.23. The van der Waals surface area contributed by atoms with Crippen molar-refractivity contribution in [2.24, 2.45) is 5.92 Å². The van der Waals surface area contributed by atoms with Crippen LogP contribution in [-0.4, -0.2) is 30.5 Å². The summed E-state index contributed by atoms with van der Waals surface area (Å²) in [5, 5.41) is 3.10. The molecule has 2 atom stereocenters. The maximum atomic E-state index is 12.3. The molecule has 2 N–H and O–H groups in total. The van der Waals surface area contributed by atoms with Gasteiger partial charge in [0, 0.05) is 12.7 Å². The van der Waals surface area contributed by atoms with Crippen molar-refractivity contribution in [3.05, 3.63) is 18.3 Å². The molecule has 2 rings (SSSR count). The van der Waals surface area contributed by atoms with Crippen LogP contribution in [0.3, 0.4) is 0 Å². The van der Waals surface area contributed by atoms with Crippen molar-refractivity contribution in [1.82, 2.24) is 10.3 Å². The summed E-state index contributed by atoms with van der Waals surface area (Å²) in [6, 6.07) is 3.82. The fourth-order valence-corrected chi connectivity index (χ4v) is 2.23. The number of hydrogen-bond acceptors (Lipinski definition) is 2. The van der Waals surface area contributed by atoms with Gasteiger partial charge in [-0.3, -0.25) is 9.69 Å². The lowest BCUT2D eigenvalue weighted by atomic mass is 10.0. The Hall–Kier alpha value is -1.29. The van der Waals surface area contributed by atoms with Crippen molar-refractivity contribution < 1.29 is 4.79 Å². The molecule has 4 heteroatoms. The summed E-state index contributed by atoms with van der Waals surface area (Å²) in [6.07, 6.45) is 3.87. The highest BCUT2D eigenvalue weighted by molar-refractivity contribution is 5.96. The second-order valence-electron chi connectivity index (χ2n) is 4.53. The number of amides is 1. The monoisotopic (exact) mass is 221 g/mol. The number of H-pyrrole nitrogens is 1. The van der Waals surface area contributed by atoms with E-state index in [1.54, 1.807) is 0 Å². The average molecular weight is 221 g/mol. The number of rotatable bonds is 2. The Bertz CT molecular complexity index is 347. The number of hydrogen-bond donors (Lipinski definition) is 2. The number of anilines is 1. The van der Waals surface area contributed by atoms with Gasteiger partial charge in [-0.1, -0.05) is 6.92 Å². The predicted octanol–water partition coefficient (Wildman–Crippen LogP) is 1.37. The van der Waals surface area contributed by atoms with Crippen molar-refractivity contribution >= 4 is 11.7 Å². The van der Waals surface area contributed by atoms with Crippen LogP contribution in [0.4, 0.5) is 5.82 Å². The molecule has 1 aromatic rings. The van der Waals surface area contributed by atoms with Gasteiger partial charge >= 0.3 is 0 Å². The first-order valence-corrected chi connectivity index (χ1v) is 5.84. The fraction of sp³-hybridized carbons (Fsp3) is 0.583. The Morgan fingerprint density at radius 3 is 2.94 bits per heavy atom. The zero-order valence-corrected chi connectivity index (χ0v) is 9.86. The maximum absolute atomic E-state index is 12.3. The van der Waals surface area contributed by atoms with E-state index in [0.29, 0.717) is 5.92 Å². The van der Waals surface area contributed by atoms with E-state index >= 15 is 0 Å². The van der Waals surface area contributed by atoms with E-state index in [1.165, 1.54) is 0 Å². The normalized spacial score (nSPS) is 26.9. The fourth-order valence-electron chi connectivity index (χ4n) is 2.23. The Kier molecular flexibility index (Phi) is 3.29. The smallest absolute Gasteiger partial charge is 0.245 e. The van der Waals surface area contributed by atoms with Gasteiger partial charge in [-0.15, -0.1) is 0 Å². The molecule has 0 aromatic carbocycles. The first-order chi connectivity index (χ1) is 7.72. The van der Waals surface area contributed by atoms with Gasteiger partial charge in [0.25, 0.3) is 0 Å². The van der Waals surface area contributed by atoms with E-state index in [1.807, 2.05) is 30.3 Å². The topological polar surface area (TPSA) is 48.1 Å². The number of aromatic nitrogens is 1. The number of carbonyl (C=O) groups is 1. The third kappa shape index (κ3) is 2.11. The van der Waals surface area contributed by atoms with Crippen LogP contribution in [0.1, 0.15) is 19.8 Å². The van der Waals surface area contributed by atoms with Crippen LogP contribution in [0.25, 0.3) is 0 Å². The molecule has 2 unspecified atom stereocenters. The third-order valence-electron chi connectivity index (χ3n) is 3.23. The highest BCUT2D eigenvalue weighted by Gasteiger charge is 2.29. The minimum absolute atomic E-state index is 0.0479. The molecular formula is C12H19N3O. The summed E-state index contributed by atoms with van der Waals surface area (Å²) in [5.74, 6) is 1.62. The van der Waals surface area contributed by atoms with Crippen LogP contribution in [-0.2, 0) is 4.79 Å². The molecular weight excluding hydrogens is 202 g/mol. The van der Waals surface area contributed by atoms with E-state index in [2.05, 4.69) is 17.2 Å². The average Bonchev–Trinajstić information content (AvgIpc) is 2.75. The number of nitrogens with one attached hydrogen (secondary N) is 2. The largest absolute Gasteiger partial charge is 0.348 e. The van der Waals surface area contributed by atoms with Crippen molar-refractivity contribution in [1.29, 1.82) is 0 Å². The first kappa shape index (κ1) is 11.2. The molecule has 88 valence electrons. The van der Waals surface area contributed by atoms with Crippen molar-refractivity contribution in [3.63, 3.8) is 0 Å². The Morgan fingerprint density at radius 2 is 2.31 bits per heavy atom. The second-order valence-corrected chi connectivity index (χ2v) is 4.53. The van der Waals surface area contributed by atoms with E-state index < -0.39 is 0 Å². The Labute approximate surface area is 96.0 Å². The van der Waals surface area contributed by atoms with Crippen LogP contribution >= 0.6 is 0 Å². The molecule has 1 aromatic heterocycles. The second kappa shape index (κ2) is 4.70. The molecule has 1 aliphatic rings. The molecule has 1 saturated heterocycles. The highest BCUT2D eigenvalue weighted by atomic mass is 16.2. The van der Waals surface area contributed by atoms with Gasteiger partial charge in [0.05, 0.1) is 6.04 Å². The Balaban J connectivity index is 2.23. The van der Waals surface area contributed by atoms with E-state index in [4.69, 9.17) is 0 Å².